The van der Waals surface area contributed by atoms with E-state index < -0.39 is 0 Å². The van der Waals surface area contributed by atoms with Gasteiger partial charge < -0.3 is 11.1 Å². The Bertz CT molecular complexity index is 284. The van der Waals surface area contributed by atoms with E-state index in [0.717, 1.165) is 11.1 Å². The van der Waals surface area contributed by atoms with Gasteiger partial charge in [-0.15, -0.1) is 0 Å². The van der Waals surface area contributed by atoms with Crippen LogP contribution in [-0.4, -0.2) is 13.0 Å². The number of benzene rings is 1. The van der Waals surface area contributed by atoms with Gasteiger partial charge in [-0.05, 0) is 18.7 Å². The molecule has 1 aromatic rings. The largest absolute Gasteiger partial charge is 0.348 e. The third kappa shape index (κ3) is 1.46. The second kappa shape index (κ2) is 3.88. The highest BCUT2D eigenvalue weighted by molar-refractivity contribution is 5.98. The van der Waals surface area contributed by atoms with Crippen LogP contribution in [0.1, 0.15) is 15.9 Å². The van der Waals surface area contributed by atoms with E-state index in [1.165, 1.54) is 7.05 Å². The van der Waals surface area contributed by atoms with E-state index in [1.807, 2.05) is 24.3 Å². The Labute approximate surface area is 71.6 Å². The zero-order valence-corrected chi connectivity index (χ0v) is 7.00. The Balaban J connectivity index is 0.000000336. The van der Waals surface area contributed by atoms with Gasteiger partial charge in [0.25, 0.3) is 5.91 Å². The van der Waals surface area contributed by atoms with Crippen molar-refractivity contribution in [2.45, 2.75) is 6.54 Å². The van der Waals surface area contributed by atoms with E-state index in [2.05, 4.69) is 11.1 Å². The van der Waals surface area contributed by atoms with Crippen LogP contribution in [0.15, 0.2) is 24.3 Å². The lowest BCUT2D eigenvalue weighted by Crippen LogP contribution is -2.12. The third-order valence-corrected chi connectivity index (χ3v) is 1.70. The molecule has 0 aliphatic carbocycles. The molecule has 0 fully saturated rings. The van der Waals surface area contributed by atoms with Crippen molar-refractivity contribution in [1.82, 2.24) is 5.32 Å². The van der Waals surface area contributed by atoms with E-state index in [9.17, 15) is 4.79 Å². The fourth-order valence-electron chi connectivity index (χ4n) is 1.17. The monoisotopic (exact) mass is 164 g/mol. The van der Waals surface area contributed by atoms with Crippen LogP contribution < -0.4 is 11.1 Å². The number of carbonyl (C=O) groups excluding carboxylic acids is 1. The van der Waals surface area contributed by atoms with Crippen molar-refractivity contribution in [3.63, 3.8) is 0 Å². The van der Waals surface area contributed by atoms with Gasteiger partial charge in [0.1, 0.15) is 0 Å². The normalized spacial score (nSPS) is 12.7. The summed E-state index contributed by atoms with van der Waals surface area (Å²) in [7, 11) is 1.50. The summed E-state index contributed by atoms with van der Waals surface area (Å²) in [5.41, 5.74) is 6.43. The first-order valence-corrected chi connectivity index (χ1v) is 3.82. The molecule has 3 N–H and O–H groups in total. The van der Waals surface area contributed by atoms with E-state index in [4.69, 9.17) is 0 Å². The molecule has 0 radical (unpaired) electrons. The van der Waals surface area contributed by atoms with Crippen LogP contribution in [0.4, 0.5) is 0 Å². The van der Waals surface area contributed by atoms with Gasteiger partial charge in [-0.25, -0.2) is 0 Å². The quantitative estimate of drug-likeness (QED) is 0.586. The molecule has 0 spiro atoms. The summed E-state index contributed by atoms with van der Waals surface area (Å²) in [6, 6.07) is 7.63. The lowest BCUT2D eigenvalue weighted by Gasteiger charge is -1.89. The van der Waals surface area contributed by atoms with Gasteiger partial charge in [-0.2, -0.15) is 0 Å². The Hall–Kier alpha value is -1.35. The molecular weight excluding hydrogens is 152 g/mol. The number of hydrogen-bond acceptors (Lipinski definition) is 2. The maximum Gasteiger partial charge on any atom is 0.251 e. The van der Waals surface area contributed by atoms with Crippen LogP contribution in [0.3, 0.4) is 0 Å². The molecule has 1 aliphatic heterocycles. The second-order valence-corrected chi connectivity index (χ2v) is 2.34. The van der Waals surface area contributed by atoms with Crippen molar-refractivity contribution in [3.8, 4) is 0 Å². The fraction of sp³-hybridized carbons (Fsp3) is 0.222. The lowest BCUT2D eigenvalue weighted by atomic mass is 10.1. The van der Waals surface area contributed by atoms with Crippen molar-refractivity contribution in [2.24, 2.45) is 5.73 Å². The van der Waals surface area contributed by atoms with E-state index in [1.54, 1.807) is 0 Å². The van der Waals surface area contributed by atoms with Gasteiger partial charge >= 0.3 is 0 Å². The summed E-state index contributed by atoms with van der Waals surface area (Å²) < 4.78 is 0. The summed E-state index contributed by atoms with van der Waals surface area (Å²) in [6.07, 6.45) is 0. The van der Waals surface area contributed by atoms with E-state index in [-0.39, 0.29) is 5.91 Å². The number of hydrogen-bond donors (Lipinski definition) is 2. The minimum Gasteiger partial charge on any atom is -0.348 e. The summed E-state index contributed by atoms with van der Waals surface area (Å²) in [5, 5.41) is 2.75. The smallest absolute Gasteiger partial charge is 0.251 e. The molecule has 3 nitrogen and oxygen atoms in total. The molecule has 0 saturated carbocycles. The van der Waals surface area contributed by atoms with Crippen molar-refractivity contribution in [3.05, 3.63) is 35.4 Å². The molecule has 12 heavy (non-hydrogen) atoms. The number of nitrogens with one attached hydrogen (secondary N) is 1. The predicted molar refractivity (Wildman–Crippen MR) is 47.7 cm³/mol. The van der Waals surface area contributed by atoms with Gasteiger partial charge in [0.15, 0.2) is 0 Å². The second-order valence-electron chi connectivity index (χ2n) is 2.34. The van der Waals surface area contributed by atoms with E-state index in [0.29, 0.717) is 6.54 Å². The Morgan fingerprint density at radius 2 is 2.00 bits per heavy atom. The Morgan fingerprint density at radius 3 is 2.67 bits per heavy atom. The van der Waals surface area contributed by atoms with Crippen molar-refractivity contribution in [2.75, 3.05) is 7.05 Å². The Kier molecular flexibility index (Phi) is 2.82. The maximum absolute atomic E-state index is 11.0. The van der Waals surface area contributed by atoms with E-state index >= 15 is 0 Å². The zero-order chi connectivity index (χ0) is 8.97. The topological polar surface area (TPSA) is 55.1 Å². The molecular formula is C9H12N2O. The highest BCUT2D eigenvalue weighted by Gasteiger charge is 2.16. The molecule has 0 unspecified atom stereocenters. The van der Waals surface area contributed by atoms with Gasteiger partial charge in [0.2, 0.25) is 0 Å². The predicted octanol–water partition coefficient (Wildman–Crippen LogP) is 0.505. The van der Waals surface area contributed by atoms with Crippen molar-refractivity contribution in [1.29, 1.82) is 0 Å². The van der Waals surface area contributed by atoms with Gasteiger partial charge in [-0.1, -0.05) is 18.2 Å². The Morgan fingerprint density at radius 1 is 1.33 bits per heavy atom. The number of carbonyl (C=O) groups is 1. The molecule has 64 valence electrons. The fourth-order valence-corrected chi connectivity index (χ4v) is 1.17. The highest BCUT2D eigenvalue weighted by Crippen LogP contribution is 2.13. The summed E-state index contributed by atoms with van der Waals surface area (Å²) in [5.74, 6) is 0.0515. The number of rotatable bonds is 0. The van der Waals surface area contributed by atoms with Crippen LogP contribution in [-0.2, 0) is 6.54 Å². The molecule has 0 saturated heterocycles. The molecule has 1 aliphatic rings. The lowest BCUT2D eigenvalue weighted by molar-refractivity contribution is 0.0966. The first-order chi connectivity index (χ1) is 5.88. The van der Waals surface area contributed by atoms with Crippen LogP contribution in [0.5, 0.6) is 0 Å². The highest BCUT2D eigenvalue weighted by atomic mass is 16.1. The molecule has 0 bridgehead atoms. The maximum atomic E-state index is 11.0. The molecule has 0 aromatic heterocycles. The molecule has 1 aromatic carbocycles. The molecule has 2 rings (SSSR count). The van der Waals surface area contributed by atoms with Crippen LogP contribution >= 0.6 is 0 Å². The SMILES string of the molecule is CN.O=C1NCc2ccccc21. The first-order valence-electron chi connectivity index (χ1n) is 3.82. The number of amides is 1. The molecule has 3 heteroatoms. The molecule has 0 atom stereocenters. The molecule has 1 amide bonds. The minimum atomic E-state index is 0.0515. The number of nitrogens with two attached hydrogens (primary N) is 1. The van der Waals surface area contributed by atoms with Gasteiger partial charge in [0.05, 0.1) is 0 Å². The van der Waals surface area contributed by atoms with Crippen LogP contribution in [0.2, 0.25) is 0 Å². The minimum absolute atomic E-state index is 0.0515. The van der Waals surface area contributed by atoms with Gasteiger partial charge in [-0.3, -0.25) is 4.79 Å². The average Bonchev–Trinajstić information content (AvgIpc) is 2.53. The standard InChI is InChI=1S/C8H7NO.CH5N/c10-8-7-4-2-1-3-6(7)5-9-8;1-2/h1-4H,5H2,(H,9,10);2H2,1H3. The molecule has 1 heterocycles. The van der Waals surface area contributed by atoms with Crippen LogP contribution in [0, 0.1) is 0 Å². The zero-order valence-electron chi connectivity index (χ0n) is 7.00. The van der Waals surface area contributed by atoms with Gasteiger partial charge in [0, 0.05) is 12.1 Å². The third-order valence-electron chi connectivity index (χ3n) is 1.70. The van der Waals surface area contributed by atoms with Crippen LogP contribution in [0.25, 0.3) is 0 Å². The average molecular weight is 164 g/mol. The summed E-state index contributed by atoms with van der Waals surface area (Å²) in [6.45, 7) is 0.689. The van der Waals surface area contributed by atoms with Crippen molar-refractivity contribution >= 4 is 5.91 Å². The number of fused-ring (bicyclic) bond motifs is 1. The van der Waals surface area contributed by atoms with Crippen molar-refractivity contribution < 1.29 is 4.79 Å². The first kappa shape index (κ1) is 8.74. The summed E-state index contributed by atoms with van der Waals surface area (Å²) in [4.78, 5) is 11.0. The summed E-state index contributed by atoms with van der Waals surface area (Å²) >= 11 is 0.